The molecule has 1 N–H and O–H groups in total. The maximum Gasteiger partial charge on any atom is 0.416 e. The predicted molar refractivity (Wildman–Crippen MR) is 144 cm³/mol. The Kier molecular flexibility index (Phi) is 9.26. The number of anilines is 3. The smallest absolute Gasteiger partial charge is 0.356 e. The number of nitrogens with zero attached hydrogens (tertiary/aromatic N) is 7. The molecule has 0 atom stereocenters. The van der Waals surface area contributed by atoms with E-state index in [1.807, 2.05) is 6.92 Å². The summed E-state index contributed by atoms with van der Waals surface area (Å²) in [7, 11) is 1.49. The molecule has 0 unspecified atom stereocenters. The number of rotatable bonds is 10. The van der Waals surface area contributed by atoms with E-state index in [4.69, 9.17) is 0 Å². The van der Waals surface area contributed by atoms with Gasteiger partial charge in [0.1, 0.15) is 5.82 Å². The average molecular weight is 599 g/mol. The molecule has 0 spiro atoms. The minimum absolute atomic E-state index is 0.00167. The second-order valence-electron chi connectivity index (χ2n) is 10.4. The van der Waals surface area contributed by atoms with Crippen molar-refractivity contribution in [3.05, 3.63) is 52.7 Å². The van der Waals surface area contributed by atoms with Crippen molar-refractivity contribution in [2.45, 2.75) is 65.0 Å². The second-order valence-corrected chi connectivity index (χ2v) is 10.4. The summed E-state index contributed by atoms with van der Waals surface area (Å²) >= 11 is 0. The van der Waals surface area contributed by atoms with Crippen LogP contribution in [0.4, 0.5) is 43.8 Å². The fraction of sp³-hybridized carbons (Fsp3) is 0.519. The van der Waals surface area contributed by atoms with Crippen molar-refractivity contribution >= 4 is 23.4 Å². The Labute approximate surface area is 238 Å². The average Bonchev–Trinajstić information content (AvgIpc) is 3.57. The zero-order chi connectivity index (χ0) is 30.7. The Morgan fingerprint density at radius 3 is 2.17 bits per heavy atom. The Morgan fingerprint density at radius 2 is 1.64 bits per heavy atom. The van der Waals surface area contributed by atoms with Crippen molar-refractivity contribution in [2.24, 2.45) is 13.0 Å². The number of aromatic nitrogens is 5. The highest BCUT2D eigenvalue weighted by molar-refractivity contribution is 5.88. The van der Waals surface area contributed by atoms with E-state index >= 15 is 0 Å². The summed E-state index contributed by atoms with van der Waals surface area (Å²) in [6.45, 7) is 4.24. The maximum absolute atomic E-state index is 13.6. The zero-order valence-electron chi connectivity index (χ0n) is 23.4. The molecule has 3 aromatic rings. The third-order valence-electron chi connectivity index (χ3n) is 7.06. The molecule has 15 heteroatoms. The van der Waals surface area contributed by atoms with Crippen LogP contribution in [0.1, 0.15) is 61.8 Å². The summed E-state index contributed by atoms with van der Waals surface area (Å²) in [5, 5.41) is 14.6. The fourth-order valence-electron chi connectivity index (χ4n) is 5.18. The maximum atomic E-state index is 13.6. The molecular weight excluding hydrogens is 566 g/mol. The number of hydrogen-bond acceptors (Lipinski definition) is 7. The zero-order valence-corrected chi connectivity index (χ0v) is 23.4. The minimum atomic E-state index is -4.99. The van der Waals surface area contributed by atoms with Gasteiger partial charge in [-0.3, -0.25) is 4.79 Å². The molecule has 1 aromatic carbocycles. The number of nitrogens with one attached hydrogen (secondary N) is 1. The van der Waals surface area contributed by atoms with E-state index in [1.54, 1.807) is 6.07 Å². The molecule has 2 aromatic heterocycles. The van der Waals surface area contributed by atoms with Crippen LogP contribution >= 0.6 is 0 Å². The van der Waals surface area contributed by atoms with Crippen LogP contribution in [0.15, 0.2) is 30.5 Å². The van der Waals surface area contributed by atoms with Gasteiger partial charge in [0.25, 0.3) is 5.95 Å². The standard InChI is InChI=1S/C27H32F6N8O/c1-4-40(14-18-7-5-6-8-18)24-20(11-23(13-34-24)35-17(2)42)16-41(25-36-38-39(3)37-25)15-19-9-21(26(28,29)30)12-22(10-19)27(31,32)33/h9-13,18H,4-8,14-16H2,1-3H3,(H,35,42). The van der Waals surface area contributed by atoms with Gasteiger partial charge >= 0.3 is 12.4 Å². The number of carbonyl (C=O) groups is 1. The third kappa shape index (κ3) is 7.88. The summed E-state index contributed by atoms with van der Waals surface area (Å²) in [5.41, 5.74) is -2.10. The molecule has 42 heavy (non-hydrogen) atoms. The first-order valence-electron chi connectivity index (χ1n) is 13.5. The molecule has 1 aliphatic rings. The van der Waals surface area contributed by atoms with Gasteiger partial charge in [0.05, 0.1) is 36.6 Å². The number of aryl methyl sites for hydroxylation is 1. The number of amides is 1. The minimum Gasteiger partial charge on any atom is -0.356 e. The van der Waals surface area contributed by atoms with E-state index in [0.717, 1.165) is 37.0 Å². The quantitative estimate of drug-likeness (QED) is 0.294. The van der Waals surface area contributed by atoms with Crippen molar-refractivity contribution in [3.8, 4) is 0 Å². The lowest BCUT2D eigenvalue weighted by Gasteiger charge is -2.29. The van der Waals surface area contributed by atoms with Crippen molar-refractivity contribution in [1.29, 1.82) is 0 Å². The highest BCUT2D eigenvalue weighted by Gasteiger charge is 2.37. The van der Waals surface area contributed by atoms with Gasteiger partial charge in [0, 0.05) is 32.1 Å². The highest BCUT2D eigenvalue weighted by Crippen LogP contribution is 2.37. The van der Waals surface area contributed by atoms with Crippen molar-refractivity contribution in [2.75, 3.05) is 28.2 Å². The van der Waals surface area contributed by atoms with E-state index < -0.39 is 30.0 Å². The Bertz CT molecular complexity index is 1350. The molecule has 0 aliphatic heterocycles. The van der Waals surface area contributed by atoms with E-state index in [1.165, 1.54) is 25.1 Å². The van der Waals surface area contributed by atoms with Crippen LogP contribution in [0.25, 0.3) is 0 Å². The molecule has 228 valence electrons. The van der Waals surface area contributed by atoms with Crippen LogP contribution in [0.2, 0.25) is 0 Å². The van der Waals surface area contributed by atoms with E-state index in [2.05, 4.69) is 30.6 Å². The van der Waals surface area contributed by atoms with Gasteiger partial charge < -0.3 is 15.1 Å². The molecule has 1 saturated carbocycles. The first kappa shape index (κ1) is 31.0. The molecular formula is C27H32F6N8O. The molecule has 0 radical (unpaired) electrons. The Hall–Kier alpha value is -3.91. The summed E-state index contributed by atoms with van der Waals surface area (Å²) < 4.78 is 81.5. The van der Waals surface area contributed by atoms with Gasteiger partial charge in [-0.2, -0.15) is 31.1 Å². The lowest BCUT2D eigenvalue weighted by molar-refractivity contribution is -0.143. The predicted octanol–water partition coefficient (Wildman–Crippen LogP) is 5.82. The molecule has 1 amide bonds. The van der Waals surface area contributed by atoms with E-state index in [9.17, 15) is 31.1 Å². The molecule has 0 bridgehead atoms. The monoisotopic (exact) mass is 598 g/mol. The van der Waals surface area contributed by atoms with Gasteiger partial charge in [-0.25, -0.2) is 4.98 Å². The number of hydrogen-bond donors (Lipinski definition) is 1. The Balaban J connectivity index is 1.77. The molecule has 9 nitrogen and oxygen atoms in total. The summed E-state index contributed by atoms with van der Waals surface area (Å²) in [4.78, 5) is 21.1. The first-order chi connectivity index (χ1) is 19.7. The van der Waals surface area contributed by atoms with Crippen LogP contribution in [-0.2, 0) is 37.3 Å². The van der Waals surface area contributed by atoms with Gasteiger partial charge in [0.15, 0.2) is 0 Å². The first-order valence-corrected chi connectivity index (χ1v) is 13.5. The molecule has 0 saturated heterocycles. The van der Waals surface area contributed by atoms with Gasteiger partial charge in [-0.1, -0.05) is 17.9 Å². The lowest BCUT2D eigenvalue weighted by atomic mass is 10.0. The largest absolute Gasteiger partial charge is 0.416 e. The van der Waals surface area contributed by atoms with Gasteiger partial charge in [0.2, 0.25) is 5.91 Å². The lowest BCUT2D eigenvalue weighted by Crippen LogP contribution is -2.32. The molecule has 1 aliphatic carbocycles. The summed E-state index contributed by atoms with van der Waals surface area (Å²) in [6, 6.07) is 3.15. The van der Waals surface area contributed by atoms with Crippen molar-refractivity contribution < 1.29 is 31.1 Å². The third-order valence-corrected chi connectivity index (χ3v) is 7.06. The number of halogens is 6. The second kappa shape index (κ2) is 12.5. The summed E-state index contributed by atoms with van der Waals surface area (Å²) in [5.74, 6) is 0.730. The number of pyridine rings is 1. The number of alkyl halides is 6. The SMILES string of the molecule is CCN(CC1CCCC1)c1ncc(NC(C)=O)cc1CN(Cc1cc(C(F)(F)F)cc(C(F)(F)F)c1)c1nnn(C)n1. The van der Waals surface area contributed by atoms with Crippen molar-refractivity contribution in [3.63, 3.8) is 0 Å². The van der Waals surface area contributed by atoms with Crippen LogP contribution in [0.3, 0.4) is 0 Å². The van der Waals surface area contributed by atoms with Crippen LogP contribution < -0.4 is 15.1 Å². The number of carbonyl (C=O) groups excluding carboxylic acids is 1. The summed E-state index contributed by atoms with van der Waals surface area (Å²) in [6.07, 6.45) is -4.00. The molecule has 4 rings (SSSR count). The fourth-order valence-corrected chi connectivity index (χ4v) is 5.18. The topological polar surface area (TPSA) is 92.1 Å². The normalized spacial score (nSPS) is 14.3. The van der Waals surface area contributed by atoms with Gasteiger partial charge in [-0.15, -0.1) is 5.10 Å². The molecule has 2 heterocycles. The van der Waals surface area contributed by atoms with Crippen LogP contribution in [-0.4, -0.2) is 44.2 Å². The Morgan fingerprint density at radius 1 is 1.00 bits per heavy atom. The van der Waals surface area contributed by atoms with E-state index in [-0.39, 0.29) is 30.0 Å². The van der Waals surface area contributed by atoms with Crippen molar-refractivity contribution in [1.82, 2.24) is 25.2 Å². The number of tetrazole rings is 1. The highest BCUT2D eigenvalue weighted by atomic mass is 19.4. The van der Waals surface area contributed by atoms with E-state index in [0.29, 0.717) is 41.7 Å². The van der Waals surface area contributed by atoms with Gasteiger partial charge in [-0.05, 0) is 60.7 Å². The molecule has 1 fully saturated rings. The number of benzene rings is 1. The van der Waals surface area contributed by atoms with Crippen LogP contribution in [0, 0.1) is 5.92 Å². The van der Waals surface area contributed by atoms with Crippen LogP contribution in [0.5, 0.6) is 0 Å².